The minimum atomic E-state index is 0.126. The highest BCUT2D eigenvalue weighted by atomic mass is 16.1. The van der Waals surface area contributed by atoms with Gasteiger partial charge in [-0.15, -0.1) is 0 Å². The van der Waals surface area contributed by atoms with Crippen LogP contribution >= 0.6 is 0 Å². The molecule has 1 N–H and O–H groups in total. The number of nitrogens with one attached hydrogen (secondary N) is 1. The van der Waals surface area contributed by atoms with Crippen molar-refractivity contribution in [2.45, 2.75) is 78.2 Å². The van der Waals surface area contributed by atoms with Gasteiger partial charge in [-0.05, 0) is 69.7 Å². The second-order valence-corrected chi connectivity index (χ2v) is 9.02. The zero-order valence-electron chi connectivity index (χ0n) is 18.1. The monoisotopic (exact) mass is 394 g/mol. The summed E-state index contributed by atoms with van der Waals surface area (Å²) in [5, 5.41) is 4.47. The van der Waals surface area contributed by atoms with Gasteiger partial charge in [-0.2, -0.15) is 0 Å². The molecule has 4 rings (SSSR count). The van der Waals surface area contributed by atoms with Crippen molar-refractivity contribution >= 4 is 22.8 Å². The van der Waals surface area contributed by atoms with E-state index >= 15 is 0 Å². The van der Waals surface area contributed by atoms with Crippen LogP contribution in [0.1, 0.15) is 68.2 Å². The SMILES string of the molecule is Cc1cc2nc(N3CCC(C(=O)NC4CCCCCC4)CC3)nc(C)c2cc1C. The van der Waals surface area contributed by atoms with E-state index in [1.54, 1.807) is 0 Å². The molecule has 0 bridgehead atoms. The molecule has 2 fully saturated rings. The van der Waals surface area contributed by atoms with Gasteiger partial charge in [0.25, 0.3) is 0 Å². The van der Waals surface area contributed by atoms with Crippen molar-refractivity contribution in [2.75, 3.05) is 18.0 Å². The molecule has 2 aliphatic rings. The fourth-order valence-electron chi connectivity index (χ4n) is 4.75. The van der Waals surface area contributed by atoms with Crippen molar-refractivity contribution < 1.29 is 4.79 Å². The van der Waals surface area contributed by atoms with Gasteiger partial charge in [-0.3, -0.25) is 4.79 Å². The average Bonchev–Trinajstić information content (AvgIpc) is 2.98. The number of hydrogen-bond donors (Lipinski definition) is 1. The fraction of sp³-hybridized carbons (Fsp3) is 0.625. The minimum Gasteiger partial charge on any atom is -0.353 e. The lowest BCUT2D eigenvalue weighted by Gasteiger charge is -2.32. The number of aryl methyl sites for hydroxylation is 3. The molecule has 5 heteroatoms. The molecule has 0 spiro atoms. The van der Waals surface area contributed by atoms with E-state index in [1.807, 2.05) is 0 Å². The zero-order chi connectivity index (χ0) is 20.4. The van der Waals surface area contributed by atoms with Crippen molar-refractivity contribution in [3.63, 3.8) is 0 Å². The predicted octanol–water partition coefficient (Wildman–Crippen LogP) is 4.61. The molecule has 1 aliphatic heterocycles. The first kappa shape index (κ1) is 20.1. The van der Waals surface area contributed by atoms with Crippen LogP contribution in [0.2, 0.25) is 0 Å². The van der Waals surface area contributed by atoms with Crippen LogP contribution in [0.5, 0.6) is 0 Å². The summed E-state index contributed by atoms with van der Waals surface area (Å²) in [6, 6.07) is 4.74. The lowest BCUT2D eigenvalue weighted by atomic mass is 9.95. The number of benzene rings is 1. The molecule has 1 saturated heterocycles. The van der Waals surface area contributed by atoms with Gasteiger partial charge in [-0.1, -0.05) is 25.7 Å². The molecule has 2 heterocycles. The highest BCUT2D eigenvalue weighted by molar-refractivity contribution is 5.83. The van der Waals surface area contributed by atoms with Gasteiger partial charge in [-0.25, -0.2) is 9.97 Å². The second kappa shape index (κ2) is 8.68. The van der Waals surface area contributed by atoms with Crippen LogP contribution in [-0.2, 0) is 4.79 Å². The third-order valence-corrected chi connectivity index (χ3v) is 6.84. The first-order valence-corrected chi connectivity index (χ1v) is 11.3. The molecule has 1 saturated carbocycles. The summed E-state index contributed by atoms with van der Waals surface area (Å²) >= 11 is 0. The Kier molecular flexibility index (Phi) is 6.02. The van der Waals surface area contributed by atoms with E-state index in [-0.39, 0.29) is 11.8 Å². The van der Waals surface area contributed by atoms with Gasteiger partial charge in [0.1, 0.15) is 0 Å². The number of nitrogens with zero attached hydrogens (tertiary/aromatic N) is 3. The Morgan fingerprint density at radius 2 is 1.59 bits per heavy atom. The fourth-order valence-corrected chi connectivity index (χ4v) is 4.75. The summed E-state index contributed by atoms with van der Waals surface area (Å²) < 4.78 is 0. The van der Waals surface area contributed by atoms with E-state index in [1.165, 1.54) is 36.8 Å². The molecule has 2 aromatic rings. The number of carbonyl (C=O) groups is 1. The molecular weight excluding hydrogens is 360 g/mol. The summed E-state index contributed by atoms with van der Waals surface area (Å²) in [5.41, 5.74) is 4.58. The van der Waals surface area contributed by atoms with Gasteiger partial charge in [0.05, 0.1) is 11.2 Å². The Morgan fingerprint density at radius 3 is 2.28 bits per heavy atom. The van der Waals surface area contributed by atoms with Crippen LogP contribution in [0, 0.1) is 26.7 Å². The molecule has 29 heavy (non-hydrogen) atoms. The van der Waals surface area contributed by atoms with Crippen molar-refractivity contribution in [1.82, 2.24) is 15.3 Å². The predicted molar refractivity (Wildman–Crippen MR) is 118 cm³/mol. The Balaban J connectivity index is 1.40. The lowest BCUT2D eigenvalue weighted by molar-refractivity contribution is -0.126. The van der Waals surface area contributed by atoms with Crippen molar-refractivity contribution in [3.8, 4) is 0 Å². The van der Waals surface area contributed by atoms with Crippen LogP contribution < -0.4 is 10.2 Å². The van der Waals surface area contributed by atoms with E-state index in [0.29, 0.717) is 6.04 Å². The third kappa shape index (κ3) is 4.54. The highest BCUT2D eigenvalue weighted by Gasteiger charge is 2.28. The van der Waals surface area contributed by atoms with Crippen molar-refractivity contribution in [2.24, 2.45) is 5.92 Å². The van der Waals surface area contributed by atoms with Crippen LogP contribution in [0.4, 0.5) is 5.95 Å². The number of anilines is 1. The number of aromatic nitrogens is 2. The molecule has 1 amide bonds. The number of piperidine rings is 1. The maximum atomic E-state index is 12.8. The minimum absolute atomic E-state index is 0.126. The normalized spacial score (nSPS) is 19.3. The molecule has 156 valence electrons. The number of hydrogen-bond acceptors (Lipinski definition) is 4. The van der Waals surface area contributed by atoms with Crippen LogP contribution in [0.25, 0.3) is 10.9 Å². The number of carbonyl (C=O) groups excluding carboxylic acids is 1. The van der Waals surface area contributed by atoms with E-state index in [4.69, 9.17) is 9.97 Å². The van der Waals surface area contributed by atoms with Gasteiger partial charge in [0.15, 0.2) is 0 Å². The topological polar surface area (TPSA) is 58.1 Å². The first-order chi connectivity index (χ1) is 14.0. The quantitative estimate of drug-likeness (QED) is 0.773. The summed E-state index contributed by atoms with van der Waals surface area (Å²) in [7, 11) is 0. The summed E-state index contributed by atoms with van der Waals surface area (Å²) in [4.78, 5) is 24.6. The van der Waals surface area contributed by atoms with Crippen LogP contribution in [0.15, 0.2) is 12.1 Å². The first-order valence-electron chi connectivity index (χ1n) is 11.3. The Labute approximate surface area is 174 Å². The molecule has 0 unspecified atom stereocenters. The van der Waals surface area contributed by atoms with E-state index in [9.17, 15) is 4.79 Å². The summed E-state index contributed by atoms with van der Waals surface area (Å²) in [6.07, 6.45) is 9.19. The van der Waals surface area contributed by atoms with E-state index < -0.39 is 0 Å². The standard InChI is InChI=1S/C24H34N4O/c1-16-14-21-18(3)25-24(27-22(21)15-17(16)2)28-12-10-19(11-13-28)23(29)26-20-8-6-4-5-7-9-20/h14-15,19-20H,4-13H2,1-3H3,(H,26,29). The second-order valence-electron chi connectivity index (χ2n) is 9.02. The Hall–Kier alpha value is -2.17. The molecule has 1 aliphatic carbocycles. The van der Waals surface area contributed by atoms with Crippen molar-refractivity contribution in [3.05, 3.63) is 29.0 Å². The van der Waals surface area contributed by atoms with Crippen LogP contribution in [-0.4, -0.2) is 35.0 Å². The molecule has 1 aromatic heterocycles. The smallest absolute Gasteiger partial charge is 0.226 e. The maximum absolute atomic E-state index is 12.8. The Bertz CT molecular complexity index is 878. The number of amides is 1. The molecular formula is C24H34N4O. The van der Waals surface area contributed by atoms with Gasteiger partial charge in [0, 0.05) is 30.4 Å². The highest BCUT2D eigenvalue weighted by Crippen LogP contribution is 2.26. The third-order valence-electron chi connectivity index (χ3n) is 6.84. The maximum Gasteiger partial charge on any atom is 0.226 e. The van der Waals surface area contributed by atoms with E-state index in [2.05, 4.69) is 43.1 Å². The van der Waals surface area contributed by atoms with E-state index in [0.717, 1.165) is 61.3 Å². The molecule has 0 atom stereocenters. The van der Waals surface area contributed by atoms with Gasteiger partial charge < -0.3 is 10.2 Å². The van der Waals surface area contributed by atoms with Gasteiger partial charge >= 0.3 is 0 Å². The number of fused-ring (bicyclic) bond motifs is 1. The molecule has 0 radical (unpaired) electrons. The summed E-state index contributed by atoms with van der Waals surface area (Å²) in [5.74, 6) is 1.19. The lowest BCUT2D eigenvalue weighted by Crippen LogP contribution is -2.44. The number of rotatable bonds is 3. The largest absolute Gasteiger partial charge is 0.353 e. The molecule has 1 aromatic carbocycles. The van der Waals surface area contributed by atoms with Crippen LogP contribution in [0.3, 0.4) is 0 Å². The zero-order valence-corrected chi connectivity index (χ0v) is 18.1. The van der Waals surface area contributed by atoms with Crippen molar-refractivity contribution in [1.29, 1.82) is 0 Å². The van der Waals surface area contributed by atoms with Gasteiger partial charge in [0.2, 0.25) is 11.9 Å². The summed E-state index contributed by atoms with van der Waals surface area (Å²) in [6.45, 7) is 8.02. The molecule has 5 nitrogen and oxygen atoms in total. The Morgan fingerprint density at radius 1 is 0.931 bits per heavy atom. The average molecular weight is 395 g/mol.